The van der Waals surface area contributed by atoms with Gasteiger partial charge in [0.25, 0.3) is 0 Å². The van der Waals surface area contributed by atoms with Gasteiger partial charge in [-0.3, -0.25) is 0 Å². The van der Waals surface area contributed by atoms with E-state index < -0.39 is 0 Å². The van der Waals surface area contributed by atoms with E-state index in [0.717, 1.165) is 10.9 Å². The lowest BCUT2D eigenvalue weighted by Crippen LogP contribution is -1.87. The summed E-state index contributed by atoms with van der Waals surface area (Å²) in [4.78, 5) is 0. The first-order valence-corrected chi connectivity index (χ1v) is 6.72. The van der Waals surface area contributed by atoms with Gasteiger partial charge in [0.2, 0.25) is 0 Å². The molecule has 18 heavy (non-hydrogen) atoms. The van der Waals surface area contributed by atoms with Gasteiger partial charge in [0.15, 0.2) is 0 Å². The van der Waals surface area contributed by atoms with Gasteiger partial charge in [-0.25, -0.2) is 0 Å². The van der Waals surface area contributed by atoms with Crippen molar-refractivity contribution in [2.75, 3.05) is 0 Å². The first-order chi connectivity index (χ1) is 8.83. The second-order valence-corrected chi connectivity index (χ2v) is 4.81. The fourth-order valence-electron chi connectivity index (χ4n) is 1.88. The lowest BCUT2D eigenvalue weighted by atomic mass is 10.00. The Hall–Kier alpha value is -1.60. The standard InChI is InChI=1S/C17H15Br/c1-2-9-16(14-10-5-3-6-11-14)17(18)15-12-7-4-8-13-15/h2-8,10-13H,1,9H2/b17-16-. The second-order valence-electron chi connectivity index (χ2n) is 4.02. The van der Waals surface area contributed by atoms with Gasteiger partial charge in [-0.2, -0.15) is 0 Å². The summed E-state index contributed by atoms with van der Waals surface area (Å²) in [6, 6.07) is 20.7. The molecule has 0 saturated heterocycles. The molecule has 0 aliphatic rings. The van der Waals surface area contributed by atoms with E-state index in [1.54, 1.807) is 0 Å². The van der Waals surface area contributed by atoms with Gasteiger partial charge in [-0.15, -0.1) is 6.58 Å². The summed E-state index contributed by atoms with van der Waals surface area (Å²) in [5.74, 6) is 0. The zero-order valence-electron chi connectivity index (χ0n) is 10.1. The van der Waals surface area contributed by atoms with Gasteiger partial charge >= 0.3 is 0 Å². The fraction of sp³-hybridized carbons (Fsp3) is 0.0588. The third kappa shape index (κ3) is 2.99. The maximum atomic E-state index is 3.85. The smallest absolute Gasteiger partial charge is 0.0288 e. The van der Waals surface area contributed by atoms with E-state index in [2.05, 4.69) is 58.9 Å². The maximum Gasteiger partial charge on any atom is 0.0288 e. The summed E-state index contributed by atoms with van der Waals surface area (Å²) in [6.07, 6.45) is 2.78. The average Bonchev–Trinajstić information content (AvgIpc) is 2.46. The number of benzene rings is 2. The van der Waals surface area contributed by atoms with Crippen LogP contribution in [0.15, 0.2) is 73.3 Å². The highest BCUT2D eigenvalue weighted by atomic mass is 79.9. The van der Waals surface area contributed by atoms with Crippen LogP contribution in [0.2, 0.25) is 0 Å². The quantitative estimate of drug-likeness (QED) is 0.514. The highest BCUT2D eigenvalue weighted by Crippen LogP contribution is 2.33. The monoisotopic (exact) mass is 298 g/mol. The number of hydrogen-bond acceptors (Lipinski definition) is 0. The van der Waals surface area contributed by atoms with E-state index in [9.17, 15) is 0 Å². The van der Waals surface area contributed by atoms with Gasteiger partial charge < -0.3 is 0 Å². The predicted molar refractivity (Wildman–Crippen MR) is 83.4 cm³/mol. The molecule has 0 amide bonds. The van der Waals surface area contributed by atoms with Crippen LogP contribution < -0.4 is 0 Å². The Morgan fingerprint density at radius 2 is 1.39 bits per heavy atom. The molecule has 90 valence electrons. The van der Waals surface area contributed by atoms with Gasteiger partial charge in [0.1, 0.15) is 0 Å². The molecule has 0 unspecified atom stereocenters. The van der Waals surface area contributed by atoms with Crippen molar-refractivity contribution in [3.05, 3.63) is 84.4 Å². The minimum absolute atomic E-state index is 0.847. The van der Waals surface area contributed by atoms with Crippen molar-refractivity contribution in [1.29, 1.82) is 0 Å². The molecule has 0 aliphatic carbocycles. The summed E-state index contributed by atoms with van der Waals surface area (Å²) in [5, 5.41) is 0. The first kappa shape index (κ1) is 12.8. The van der Waals surface area contributed by atoms with Crippen molar-refractivity contribution in [1.82, 2.24) is 0 Å². The van der Waals surface area contributed by atoms with Crippen molar-refractivity contribution in [2.45, 2.75) is 6.42 Å². The van der Waals surface area contributed by atoms with Crippen molar-refractivity contribution in [3.8, 4) is 0 Å². The SMILES string of the molecule is C=CC/C(=C(/Br)c1ccccc1)c1ccccc1. The molecule has 0 N–H and O–H groups in total. The third-order valence-corrected chi connectivity index (χ3v) is 3.70. The van der Waals surface area contributed by atoms with Crippen molar-refractivity contribution < 1.29 is 0 Å². The molecule has 0 nitrogen and oxygen atoms in total. The van der Waals surface area contributed by atoms with E-state index in [4.69, 9.17) is 0 Å². The zero-order valence-corrected chi connectivity index (χ0v) is 11.7. The van der Waals surface area contributed by atoms with E-state index in [0.29, 0.717) is 0 Å². The molecule has 0 saturated carbocycles. The van der Waals surface area contributed by atoms with Gasteiger partial charge in [0, 0.05) is 4.48 Å². The Labute approximate surface area is 117 Å². The summed E-state index contributed by atoms with van der Waals surface area (Å²) in [6.45, 7) is 3.85. The van der Waals surface area contributed by atoms with Crippen LogP contribution in [0.25, 0.3) is 10.1 Å². The normalized spacial score (nSPS) is 11.8. The molecule has 2 rings (SSSR count). The van der Waals surface area contributed by atoms with Gasteiger partial charge in [-0.05, 0) is 39.1 Å². The Kier molecular flexibility index (Phi) is 4.54. The summed E-state index contributed by atoms with van der Waals surface area (Å²) < 4.78 is 1.13. The first-order valence-electron chi connectivity index (χ1n) is 5.93. The molecule has 0 aromatic heterocycles. The maximum absolute atomic E-state index is 3.85. The molecule has 0 radical (unpaired) electrons. The summed E-state index contributed by atoms with van der Waals surface area (Å²) in [7, 11) is 0. The van der Waals surface area contributed by atoms with Gasteiger partial charge in [-0.1, -0.05) is 66.7 Å². The molecule has 0 spiro atoms. The molecule has 2 aromatic rings. The van der Waals surface area contributed by atoms with Crippen molar-refractivity contribution in [2.24, 2.45) is 0 Å². The van der Waals surface area contributed by atoms with E-state index in [1.165, 1.54) is 16.7 Å². The Morgan fingerprint density at radius 3 is 1.89 bits per heavy atom. The number of halogens is 1. The average molecular weight is 299 g/mol. The number of allylic oxidation sites excluding steroid dienone is 2. The van der Waals surface area contributed by atoms with Crippen LogP contribution in [-0.2, 0) is 0 Å². The number of hydrogen-bond donors (Lipinski definition) is 0. The minimum Gasteiger partial charge on any atom is -0.103 e. The van der Waals surface area contributed by atoms with Crippen molar-refractivity contribution in [3.63, 3.8) is 0 Å². The largest absolute Gasteiger partial charge is 0.103 e. The number of rotatable bonds is 4. The summed E-state index contributed by atoms with van der Waals surface area (Å²) >= 11 is 3.72. The molecular formula is C17H15Br. The molecule has 0 heterocycles. The van der Waals surface area contributed by atoms with Crippen LogP contribution in [0.5, 0.6) is 0 Å². The van der Waals surface area contributed by atoms with Crippen LogP contribution in [0.4, 0.5) is 0 Å². The molecule has 0 bridgehead atoms. The molecule has 2 aromatic carbocycles. The summed E-state index contributed by atoms with van der Waals surface area (Å²) in [5.41, 5.74) is 3.68. The van der Waals surface area contributed by atoms with E-state index in [-0.39, 0.29) is 0 Å². The minimum atomic E-state index is 0.847. The molecule has 0 fully saturated rings. The third-order valence-electron chi connectivity index (χ3n) is 2.76. The Balaban J connectivity index is 2.50. The molecular weight excluding hydrogens is 284 g/mol. The highest BCUT2D eigenvalue weighted by molar-refractivity contribution is 9.15. The lowest BCUT2D eigenvalue weighted by Gasteiger charge is -2.10. The fourth-order valence-corrected chi connectivity index (χ4v) is 2.53. The van der Waals surface area contributed by atoms with Gasteiger partial charge in [0.05, 0.1) is 0 Å². The zero-order chi connectivity index (χ0) is 12.8. The highest BCUT2D eigenvalue weighted by Gasteiger charge is 2.07. The second kappa shape index (κ2) is 6.36. The molecule has 1 heteroatoms. The van der Waals surface area contributed by atoms with Crippen LogP contribution >= 0.6 is 15.9 Å². The van der Waals surface area contributed by atoms with Crippen molar-refractivity contribution >= 4 is 26.0 Å². The topological polar surface area (TPSA) is 0 Å². The van der Waals surface area contributed by atoms with Crippen LogP contribution in [-0.4, -0.2) is 0 Å². The van der Waals surface area contributed by atoms with Crippen LogP contribution in [0.1, 0.15) is 17.5 Å². The van der Waals surface area contributed by atoms with E-state index >= 15 is 0 Å². The van der Waals surface area contributed by atoms with E-state index in [1.807, 2.05) is 30.3 Å². The van der Waals surface area contributed by atoms with Crippen LogP contribution in [0.3, 0.4) is 0 Å². The molecule has 0 aliphatic heterocycles. The predicted octanol–water partition coefficient (Wildman–Crippen LogP) is 5.53. The lowest BCUT2D eigenvalue weighted by molar-refractivity contribution is 1.41. The Bertz CT molecular complexity index is 538. The molecule has 0 atom stereocenters. The Morgan fingerprint density at radius 1 is 0.889 bits per heavy atom. The van der Waals surface area contributed by atoms with Crippen LogP contribution in [0, 0.1) is 0 Å².